The van der Waals surface area contributed by atoms with Crippen molar-refractivity contribution in [3.63, 3.8) is 0 Å². The average Bonchev–Trinajstić information content (AvgIpc) is 3.36. The van der Waals surface area contributed by atoms with Gasteiger partial charge >= 0.3 is 6.03 Å². The number of nitrogens with one attached hydrogen (secondary N) is 2. The lowest BCUT2D eigenvalue weighted by Crippen LogP contribution is -2.34. The summed E-state index contributed by atoms with van der Waals surface area (Å²) < 4.78 is 5.47. The Morgan fingerprint density at radius 2 is 1.84 bits per heavy atom. The molecule has 1 unspecified atom stereocenters. The summed E-state index contributed by atoms with van der Waals surface area (Å²) in [5.74, 6) is 0.810. The molecule has 4 rings (SSSR count). The van der Waals surface area contributed by atoms with Crippen LogP contribution in [0.4, 0.5) is 16.2 Å². The van der Waals surface area contributed by atoms with Gasteiger partial charge in [-0.2, -0.15) is 4.98 Å². The summed E-state index contributed by atoms with van der Waals surface area (Å²) >= 11 is 0. The number of anilines is 2. The van der Waals surface area contributed by atoms with Crippen molar-refractivity contribution in [2.45, 2.75) is 39.2 Å². The molecule has 31 heavy (non-hydrogen) atoms. The van der Waals surface area contributed by atoms with Gasteiger partial charge in [-0.1, -0.05) is 22.9 Å². The monoisotopic (exact) mass is 419 g/mol. The van der Waals surface area contributed by atoms with Crippen LogP contribution in [0, 0.1) is 6.92 Å². The van der Waals surface area contributed by atoms with Gasteiger partial charge in [0.1, 0.15) is 0 Å². The highest BCUT2D eigenvalue weighted by Gasteiger charge is 2.35. The zero-order chi connectivity index (χ0) is 22.0. The zero-order valence-electron chi connectivity index (χ0n) is 17.8. The molecule has 3 amide bonds. The second-order valence-electron chi connectivity index (χ2n) is 8.03. The molecule has 8 heteroatoms. The molecular formula is C23H25N5O3. The van der Waals surface area contributed by atoms with Gasteiger partial charge in [0, 0.05) is 35.9 Å². The van der Waals surface area contributed by atoms with Gasteiger partial charge in [0.15, 0.2) is 0 Å². The Morgan fingerprint density at radius 3 is 2.52 bits per heavy atom. The van der Waals surface area contributed by atoms with E-state index in [-0.39, 0.29) is 23.9 Å². The number of hydrogen-bond acceptors (Lipinski definition) is 5. The highest BCUT2D eigenvalue weighted by molar-refractivity contribution is 5.96. The first-order valence-electron chi connectivity index (χ1n) is 10.3. The number of carbonyl (C=O) groups is 2. The first-order valence-corrected chi connectivity index (χ1v) is 10.3. The molecule has 0 radical (unpaired) electrons. The van der Waals surface area contributed by atoms with Gasteiger partial charge < -0.3 is 20.1 Å². The number of urea groups is 1. The van der Waals surface area contributed by atoms with Crippen LogP contribution in [0.2, 0.25) is 0 Å². The number of carbonyl (C=O) groups excluding carboxylic acids is 2. The van der Waals surface area contributed by atoms with Gasteiger partial charge in [-0.25, -0.2) is 4.79 Å². The van der Waals surface area contributed by atoms with E-state index in [2.05, 4.69) is 20.8 Å². The standard InChI is InChI=1S/C23H25N5O3/c1-14(2)24-23(30)25-18-8-6-16(7-9-18)21-26-22(31-27-21)17-12-20(29)28(13-17)19-10-4-15(3)5-11-19/h4-11,14,17H,12-13H2,1-3H3,(H2,24,25,30). The van der Waals surface area contributed by atoms with Crippen LogP contribution in [0.25, 0.3) is 11.4 Å². The summed E-state index contributed by atoms with van der Waals surface area (Å²) in [6.07, 6.45) is 0.337. The Labute approximate surface area is 180 Å². The average molecular weight is 419 g/mol. The van der Waals surface area contributed by atoms with Crippen LogP contribution >= 0.6 is 0 Å². The predicted octanol–water partition coefficient (Wildman–Crippen LogP) is 4.10. The van der Waals surface area contributed by atoms with Crippen molar-refractivity contribution in [3.05, 3.63) is 60.0 Å². The van der Waals surface area contributed by atoms with Crippen molar-refractivity contribution in [1.29, 1.82) is 0 Å². The predicted molar refractivity (Wildman–Crippen MR) is 118 cm³/mol. The number of aryl methyl sites for hydroxylation is 1. The number of rotatable bonds is 5. The molecule has 3 aromatic rings. The first kappa shape index (κ1) is 20.6. The summed E-state index contributed by atoms with van der Waals surface area (Å²) in [4.78, 5) is 30.6. The normalized spacial score (nSPS) is 16.1. The fourth-order valence-corrected chi connectivity index (χ4v) is 3.50. The highest BCUT2D eigenvalue weighted by atomic mass is 16.5. The van der Waals surface area contributed by atoms with E-state index in [1.807, 2.05) is 57.2 Å². The topological polar surface area (TPSA) is 100 Å². The van der Waals surface area contributed by atoms with Gasteiger partial charge in [0.25, 0.3) is 0 Å². The van der Waals surface area contributed by atoms with E-state index >= 15 is 0 Å². The number of nitrogens with zero attached hydrogens (tertiary/aromatic N) is 3. The third-order valence-electron chi connectivity index (χ3n) is 5.08. The molecule has 8 nitrogen and oxygen atoms in total. The fourth-order valence-electron chi connectivity index (χ4n) is 3.50. The maximum atomic E-state index is 12.5. The minimum Gasteiger partial charge on any atom is -0.339 e. The molecule has 1 atom stereocenters. The van der Waals surface area contributed by atoms with Gasteiger partial charge in [-0.15, -0.1) is 0 Å². The molecule has 0 spiro atoms. The summed E-state index contributed by atoms with van der Waals surface area (Å²) in [6, 6.07) is 14.9. The third kappa shape index (κ3) is 4.74. The molecule has 1 fully saturated rings. The van der Waals surface area contributed by atoms with Crippen molar-refractivity contribution in [1.82, 2.24) is 15.5 Å². The number of aromatic nitrogens is 2. The van der Waals surface area contributed by atoms with Crippen molar-refractivity contribution in [2.75, 3.05) is 16.8 Å². The minimum atomic E-state index is -0.256. The smallest absolute Gasteiger partial charge is 0.319 e. The molecular weight excluding hydrogens is 394 g/mol. The van der Waals surface area contributed by atoms with E-state index in [1.165, 1.54) is 0 Å². The Balaban J connectivity index is 1.43. The maximum absolute atomic E-state index is 12.5. The van der Waals surface area contributed by atoms with E-state index in [1.54, 1.807) is 17.0 Å². The molecule has 1 aliphatic rings. The lowest BCUT2D eigenvalue weighted by molar-refractivity contribution is -0.117. The lowest BCUT2D eigenvalue weighted by atomic mass is 10.1. The molecule has 0 aliphatic carbocycles. The minimum absolute atomic E-state index is 0.0451. The molecule has 0 saturated carbocycles. The van der Waals surface area contributed by atoms with Crippen LogP contribution in [-0.2, 0) is 4.79 Å². The quantitative estimate of drug-likeness (QED) is 0.649. The van der Waals surface area contributed by atoms with Crippen molar-refractivity contribution in [2.24, 2.45) is 0 Å². The number of amides is 3. The second-order valence-corrected chi connectivity index (χ2v) is 8.03. The van der Waals surface area contributed by atoms with Gasteiger partial charge in [-0.05, 0) is 57.2 Å². The molecule has 1 saturated heterocycles. The molecule has 0 bridgehead atoms. The van der Waals surface area contributed by atoms with E-state index in [4.69, 9.17) is 4.52 Å². The van der Waals surface area contributed by atoms with Gasteiger partial charge in [0.05, 0.1) is 5.92 Å². The molecule has 2 heterocycles. The Kier molecular flexibility index (Phi) is 5.70. The molecule has 1 aromatic heterocycles. The summed E-state index contributed by atoms with van der Waals surface area (Å²) in [6.45, 7) is 6.32. The van der Waals surface area contributed by atoms with E-state index in [9.17, 15) is 9.59 Å². The Morgan fingerprint density at radius 1 is 1.13 bits per heavy atom. The summed E-state index contributed by atoms with van der Waals surface area (Å²) in [5.41, 5.74) is 3.46. The van der Waals surface area contributed by atoms with Crippen molar-refractivity contribution < 1.29 is 14.1 Å². The number of benzene rings is 2. The van der Waals surface area contributed by atoms with Crippen LogP contribution in [-0.4, -0.2) is 34.7 Å². The lowest BCUT2D eigenvalue weighted by Gasteiger charge is -2.16. The van der Waals surface area contributed by atoms with Crippen LogP contribution in [0.15, 0.2) is 53.1 Å². The third-order valence-corrected chi connectivity index (χ3v) is 5.08. The van der Waals surface area contributed by atoms with E-state index in [0.29, 0.717) is 30.4 Å². The molecule has 2 aromatic carbocycles. The van der Waals surface area contributed by atoms with Crippen LogP contribution < -0.4 is 15.5 Å². The highest BCUT2D eigenvalue weighted by Crippen LogP contribution is 2.32. The van der Waals surface area contributed by atoms with Crippen LogP contribution in [0.3, 0.4) is 0 Å². The van der Waals surface area contributed by atoms with E-state index < -0.39 is 0 Å². The number of hydrogen-bond donors (Lipinski definition) is 2. The van der Waals surface area contributed by atoms with Crippen LogP contribution in [0.1, 0.15) is 37.6 Å². The molecule has 1 aliphatic heterocycles. The van der Waals surface area contributed by atoms with Crippen molar-refractivity contribution in [3.8, 4) is 11.4 Å². The largest absolute Gasteiger partial charge is 0.339 e. The summed E-state index contributed by atoms with van der Waals surface area (Å²) in [7, 11) is 0. The van der Waals surface area contributed by atoms with Gasteiger partial charge in [-0.3, -0.25) is 4.79 Å². The Bertz CT molecular complexity index is 1070. The maximum Gasteiger partial charge on any atom is 0.319 e. The molecule has 2 N–H and O–H groups in total. The second kappa shape index (κ2) is 8.59. The Hall–Kier alpha value is -3.68. The van der Waals surface area contributed by atoms with Crippen molar-refractivity contribution >= 4 is 23.3 Å². The first-order chi connectivity index (χ1) is 14.9. The van der Waals surface area contributed by atoms with Crippen LogP contribution in [0.5, 0.6) is 0 Å². The SMILES string of the molecule is Cc1ccc(N2CC(c3nc(-c4ccc(NC(=O)NC(C)C)cc4)no3)CC2=O)cc1. The molecule has 160 valence electrons. The van der Waals surface area contributed by atoms with Gasteiger partial charge in [0.2, 0.25) is 17.6 Å². The van der Waals surface area contributed by atoms with E-state index in [0.717, 1.165) is 16.8 Å². The fraction of sp³-hybridized carbons (Fsp3) is 0.304. The zero-order valence-corrected chi connectivity index (χ0v) is 17.8. The summed E-state index contributed by atoms with van der Waals surface area (Å²) in [5, 5.41) is 9.63.